The van der Waals surface area contributed by atoms with E-state index >= 15 is 0 Å². The molecule has 3 aromatic rings. The van der Waals surface area contributed by atoms with Crippen LogP contribution in [0.2, 0.25) is 14.4 Å². The monoisotopic (exact) mass is 428 g/mol. The Hall–Kier alpha value is -1.57. The lowest BCUT2D eigenvalue weighted by Gasteiger charge is -2.19. The van der Waals surface area contributed by atoms with Gasteiger partial charge in [-0.2, -0.15) is 5.10 Å². The summed E-state index contributed by atoms with van der Waals surface area (Å²) in [5.41, 5.74) is 14.4. The van der Waals surface area contributed by atoms with Crippen LogP contribution in [0.15, 0.2) is 30.5 Å². The minimum atomic E-state index is -0.572. The van der Waals surface area contributed by atoms with Gasteiger partial charge >= 0.3 is 0 Å². The van der Waals surface area contributed by atoms with Gasteiger partial charge in [-0.25, -0.2) is 0 Å². The molecule has 3 rings (SSSR count). The molecule has 26 heavy (non-hydrogen) atoms. The van der Waals surface area contributed by atoms with Gasteiger partial charge < -0.3 is 11.5 Å². The fourth-order valence-electron chi connectivity index (χ4n) is 2.99. The second kappa shape index (κ2) is 7.58. The zero-order valence-corrected chi connectivity index (χ0v) is 16.8. The number of halogens is 3. The lowest BCUT2D eigenvalue weighted by molar-refractivity contribution is 0.100. The maximum atomic E-state index is 12.1. The maximum Gasteiger partial charge on any atom is 0.259 e. The molecule has 9 heteroatoms. The second-order valence-corrected chi connectivity index (χ2v) is 8.13. The summed E-state index contributed by atoms with van der Waals surface area (Å²) in [5.74, 6) is -0.905. The number of aromatic nitrogens is 2. The Morgan fingerprint density at radius 3 is 2.62 bits per heavy atom. The van der Waals surface area contributed by atoms with E-state index in [-0.39, 0.29) is 12.5 Å². The third-order valence-electron chi connectivity index (χ3n) is 4.09. The van der Waals surface area contributed by atoms with E-state index < -0.39 is 5.91 Å². The van der Waals surface area contributed by atoms with Gasteiger partial charge in [0.25, 0.3) is 5.91 Å². The number of primary amides is 1. The van der Waals surface area contributed by atoms with Crippen molar-refractivity contribution in [3.8, 4) is 11.3 Å². The highest BCUT2D eigenvalue weighted by atomic mass is 35.5. The number of benzene rings is 1. The first-order valence-corrected chi connectivity index (χ1v) is 9.55. The number of hydrogen-bond donors (Lipinski definition) is 2. The maximum absolute atomic E-state index is 12.1. The Kier molecular flexibility index (Phi) is 5.60. The highest BCUT2D eigenvalue weighted by molar-refractivity contribution is 7.18. The molecule has 2 heterocycles. The van der Waals surface area contributed by atoms with Crippen molar-refractivity contribution in [3.63, 3.8) is 0 Å². The predicted octanol–water partition coefficient (Wildman–Crippen LogP) is 4.30. The molecule has 0 aliphatic heterocycles. The molecule has 1 amide bonds. The summed E-state index contributed by atoms with van der Waals surface area (Å²) in [6, 6.07) is 7.31. The van der Waals surface area contributed by atoms with Crippen LogP contribution in [-0.4, -0.2) is 22.2 Å². The Bertz CT molecular complexity index is 963. The van der Waals surface area contributed by atoms with Gasteiger partial charge in [-0.15, -0.1) is 11.3 Å². The van der Waals surface area contributed by atoms with E-state index in [9.17, 15) is 4.79 Å². The highest BCUT2D eigenvalue weighted by Gasteiger charge is 2.30. The fraction of sp³-hybridized carbons (Fsp3) is 0.176. The highest BCUT2D eigenvalue weighted by Crippen LogP contribution is 2.47. The zero-order valence-electron chi connectivity index (χ0n) is 13.7. The molecular formula is C17H15Cl3N4OS. The Labute approximate surface area is 169 Å². The Morgan fingerprint density at radius 2 is 2.08 bits per heavy atom. The second-order valence-electron chi connectivity index (χ2n) is 5.67. The van der Waals surface area contributed by atoms with E-state index in [2.05, 4.69) is 5.10 Å². The van der Waals surface area contributed by atoms with Crippen LogP contribution >= 0.6 is 46.1 Å². The van der Waals surface area contributed by atoms with Crippen molar-refractivity contribution in [3.05, 3.63) is 60.8 Å². The molecule has 0 saturated carbocycles. The number of rotatable bonds is 5. The molecule has 1 aromatic carbocycles. The van der Waals surface area contributed by atoms with Gasteiger partial charge in [-0.05, 0) is 23.3 Å². The molecule has 0 fully saturated rings. The predicted molar refractivity (Wildman–Crippen MR) is 107 cm³/mol. The number of amides is 1. The molecule has 0 bridgehead atoms. The molecule has 1 unspecified atom stereocenters. The molecule has 0 spiro atoms. The summed E-state index contributed by atoms with van der Waals surface area (Å²) >= 11 is 20.1. The fourth-order valence-corrected chi connectivity index (χ4v) is 4.81. The topological polar surface area (TPSA) is 86.9 Å². The lowest BCUT2D eigenvalue weighted by atomic mass is 9.88. The van der Waals surface area contributed by atoms with Crippen LogP contribution in [0.5, 0.6) is 0 Å². The number of thiophene rings is 1. The largest absolute Gasteiger partial charge is 0.365 e. The average molecular weight is 430 g/mol. The molecule has 4 N–H and O–H groups in total. The van der Waals surface area contributed by atoms with Gasteiger partial charge in [0.1, 0.15) is 4.34 Å². The van der Waals surface area contributed by atoms with E-state index in [0.29, 0.717) is 36.1 Å². The van der Waals surface area contributed by atoms with E-state index in [1.165, 1.54) is 6.20 Å². The van der Waals surface area contributed by atoms with Gasteiger partial charge in [0.15, 0.2) is 0 Å². The number of aryl methyl sites for hydroxylation is 1. The molecule has 0 saturated heterocycles. The van der Waals surface area contributed by atoms with Crippen LogP contribution in [0.4, 0.5) is 0 Å². The molecule has 2 aromatic heterocycles. The van der Waals surface area contributed by atoms with Crippen LogP contribution in [0.25, 0.3) is 11.3 Å². The number of carbonyl (C=O) groups is 1. The van der Waals surface area contributed by atoms with E-state index in [1.807, 2.05) is 18.2 Å². The minimum Gasteiger partial charge on any atom is -0.365 e. The van der Waals surface area contributed by atoms with Crippen molar-refractivity contribution in [1.82, 2.24) is 9.78 Å². The molecule has 0 radical (unpaired) electrons. The zero-order chi connectivity index (χ0) is 19.0. The molecule has 5 nitrogen and oxygen atoms in total. The third kappa shape index (κ3) is 3.35. The summed E-state index contributed by atoms with van der Waals surface area (Å²) in [6.07, 6.45) is 1.52. The van der Waals surface area contributed by atoms with Crippen molar-refractivity contribution >= 4 is 52.0 Å². The van der Waals surface area contributed by atoms with E-state index in [0.717, 1.165) is 16.9 Å². The average Bonchev–Trinajstić information content (AvgIpc) is 3.08. The van der Waals surface area contributed by atoms with Crippen LogP contribution < -0.4 is 11.5 Å². The first-order chi connectivity index (χ1) is 12.3. The SMILES string of the molecule is Cn1ncc(Cl)c1-c1c(Cl)sc(C(N)=O)c1C(CN)c1cccc(Cl)c1. The smallest absolute Gasteiger partial charge is 0.259 e. The summed E-state index contributed by atoms with van der Waals surface area (Å²) in [4.78, 5) is 12.4. The van der Waals surface area contributed by atoms with Crippen molar-refractivity contribution in [1.29, 1.82) is 0 Å². The van der Waals surface area contributed by atoms with Crippen molar-refractivity contribution in [2.24, 2.45) is 18.5 Å². The minimum absolute atomic E-state index is 0.232. The molecule has 136 valence electrons. The van der Waals surface area contributed by atoms with Gasteiger partial charge in [-0.3, -0.25) is 9.48 Å². The van der Waals surface area contributed by atoms with Crippen molar-refractivity contribution < 1.29 is 4.79 Å². The van der Waals surface area contributed by atoms with Gasteiger partial charge in [0.05, 0.1) is 21.8 Å². The van der Waals surface area contributed by atoms with Crippen LogP contribution in [0.1, 0.15) is 26.7 Å². The van der Waals surface area contributed by atoms with E-state index in [1.54, 1.807) is 17.8 Å². The number of carbonyl (C=O) groups excluding carboxylic acids is 1. The van der Waals surface area contributed by atoms with Gasteiger partial charge in [-0.1, -0.05) is 46.9 Å². The summed E-state index contributed by atoms with van der Waals surface area (Å²) < 4.78 is 2.01. The molecule has 1 atom stereocenters. The first kappa shape index (κ1) is 19.2. The van der Waals surface area contributed by atoms with Gasteiger partial charge in [0.2, 0.25) is 0 Å². The third-order valence-corrected chi connectivity index (χ3v) is 6.03. The van der Waals surface area contributed by atoms with Crippen LogP contribution in [-0.2, 0) is 7.05 Å². The summed E-state index contributed by atoms with van der Waals surface area (Å²) in [7, 11) is 1.75. The summed E-state index contributed by atoms with van der Waals surface area (Å²) in [5, 5.41) is 5.16. The number of nitrogens with two attached hydrogens (primary N) is 2. The number of nitrogens with zero attached hydrogens (tertiary/aromatic N) is 2. The lowest BCUT2D eigenvalue weighted by Crippen LogP contribution is -2.19. The standard InChI is InChI=1S/C17H15Cl3N4OS/c1-24-14(11(19)7-23-24)13-12(15(17(22)25)26-16(13)20)10(6-21)8-3-2-4-9(18)5-8/h2-5,7,10H,6,21H2,1H3,(H2,22,25). The molecule has 0 aliphatic carbocycles. The Balaban J connectivity index is 2.33. The number of hydrogen-bond acceptors (Lipinski definition) is 4. The van der Waals surface area contributed by atoms with Gasteiger partial charge in [0, 0.05) is 30.1 Å². The van der Waals surface area contributed by atoms with Crippen LogP contribution in [0.3, 0.4) is 0 Å². The van der Waals surface area contributed by atoms with Crippen molar-refractivity contribution in [2.75, 3.05) is 6.54 Å². The summed E-state index contributed by atoms with van der Waals surface area (Å²) in [6.45, 7) is 0.232. The first-order valence-electron chi connectivity index (χ1n) is 7.60. The quantitative estimate of drug-likeness (QED) is 0.634. The van der Waals surface area contributed by atoms with E-state index in [4.69, 9.17) is 46.3 Å². The Morgan fingerprint density at radius 1 is 1.35 bits per heavy atom. The van der Waals surface area contributed by atoms with Crippen LogP contribution in [0, 0.1) is 0 Å². The normalized spacial score (nSPS) is 12.3. The molecule has 0 aliphatic rings. The van der Waals surface area contributed by atoms with Crippen molar-refractivity contribution in [2.45, 2.75) is 5.92 Å². The molecular weight excluding hydrogens is 415 g/mol.